The van der Waals surface area contributed by atoms with Crippen molar-refractivity contribution in [3.05, 3.63) is 77.2 Å². The van der Waals surface area contributed by atoms with Gasteiger partial charge >= 0.3 is 0 Å². The van der Waals surface area contributed by atoms with Crippen LogP contribution in [0.25, 0.3) is 16.2 Å². The number of nitrogens with one attached hydrogen (secondary N) is 1. The molecule has 124 valence electrons. The van der Waals surface area contributed by atoms with E-state index in [-0.39, 0.29) is 5.91 Å². The Kier molecular flexibility index (Phi) is 4.03. The molecule has 0 aliphatic carbocycles. The van der Waals surface area contributed by atoms with Crippen molar-refractivity contribution in [3.63, 3.8) is 0 Å². The second-order valence-electron chi connectivity index (χ2n) is 5.68. The van der Waals surface area contributed by atoms with Gasteiger partial charge in [0.1, 0.15) is 11.3 Å². The Morgan fingerprint density at radius 2 is 2.16 bits per heavy atom. The topological polar surface area (TPSA) is 59.3 Å². The molecule has 0 radical (unpaired) electrons. The fourth-order valence-corrected chi connectivity index (χ4v) is 3.49. The standard InChI is InChI=1S/C19H16N4OS/c1-13-18(23-9-3-2-6-17(23)22-13)19(24)21-12-14-7-8-20-15(11-14)16-5-4-10-25-16/h2-11H,12H2,1H3,(H,21,24). The van der Waals surface area contributed by atoms with Gasteiger partial charge in [0.05, 0.1) is 16.3 Å². The maximum Gasteiger partial charge on any atom is 0.270 e. The molecule has 25 heavy (non-hydrogen) atoms. The lowest BCUT2D eigenvalue weighted by Gasteiger charge is -2.07. The van der Waals surface area contributed by atoms with Gasteiger partial charge < -0.3 is 5.32 Å². The predicted molar refractivity (Wildman–Crippen MR) is 98.6 cm³/mol. The number of thiophene rings is 1. The summed E-state index contributed by atoms with van der Waals surface area (Å²) in [7, 11) is 0. The zero-order chi connectivity index (χ0) is 17.2. The van der Waals surface area contributed by atoms with Crippen molar-refractivity contribution in [1.29, 1.82) is 0 Å². The van der Waals surface area contributed by atoms with Crippen LogP contribution in [0.4, 0.5) is 0 Å². The van der Waals surface area contributed by atoms with Crippen LogP contribution in [0.2, 0.25) is 0 Å². The molecule has 4 aromatic heterocycles. The molecule has 4 rings (SSSR count). The third-order valence-electron chi connectivity index (χ3n) is 3.97. The van der Waals surface area contributed by atoms with Crippen LogP contribution < -0.4 is 5.32 Å². The molecule has 6 heteroatoms. The van der Waals surface area contributed by atoms with Crippen LogP contribution in [-0.2, 0) is 6.54 Å². The lowest BCUT2D eigenvalue weighted by molar-refractivity contribution is 0.0944. The maximum atomic E-state index is 12.6. The first-order valence-electron chi connectivity index (χ1n) is 7.93. The minimum Gasteiger partial charge on any atom is -0.347 e. The van der Waals surface area contributed by atoms with Crippen LogP contribution in [0.3, 0.4) is 0 Å². The van der Waals surface area contributed by atoms with Gasteiger partial charge in [-0.15, -0.1) is 11.3 Å². The molecule has 0 spiro atoms. The molecule has 0 saturated heterocycles. The van der Waals surface area contributed by atoms with Gasteiger partial charge in [0, 0.05) is 18.9 Å². The lowest BCUT2D eigenvalue weighted by Crippen LogP contribution is -2.25. The molecule has 1 N–H and O–H groups in total. The van der Waals surface area contributed by atoms with Crippen molar-refractivity contribution < 1.29 is 4.79 Å². The summed E-state index contributed by atoms with van der Waals surface area (Å²) in [6.07, 6.45) is 3.63. The van der Waals surface area contributed by atoms with Gasteiger partial charge in [-0.3, -0.25) is 14.2 Å². The fraction of sp³-hybridized carbons (Fsp3) is 0.105. The van der Waals surface area contributed by atoms with E-state index in [0.29, 0.717) is 12.2 Å². The summed E-state index contributed by atoms with van der Waals surface area (Å²) in [6, 6.07) is 13.7. The maximum absolute atomic E-state index is 12.6. The van der Waals surface area contributed by atoms with Crippen molar-refractivity contribution in [2.45, 2.75) is 13.5 Å². The number of amides is 1. The number of rotatable bonds is 4. The Labute approximate surface area is 149 Å². The molecule has 4 heterocycles. The smallest absolute Gasteiger partial charge is 0.270 e. The number of carbonyl (C=O) groups excluding carboxylic acids is 1. The summed E-state index contributed by atoms with van der Waals surface area (Å²) in [6.45, 7) is 2.29. The minimum atomic E-state index is -0.134. The molecular formula is C19H16N4OS. The van der Waals surface area contributed by atoms with E-state index >= 15 is 0 Å². The summed E-state index contributed by atoms with van der Waals surface area (Å²) in [5.41, 5.74) is 4.00. The Bertz CT molecular complexity index is 1040. The predicted octanol–water partition coefficient (Wildman–Crippen LogP) is 3.70. The van der Waals surface area contributed by atoms with Gasteiger partial charge in [0.15, 0.2) is 0 Å². The van der Waals surface area contributed by atoms with Crippen molar-refractivity contribution in [2.24, 2.45) is 0 Å². The SMILES string of the molecule is Cc1nc2ccccn2c1C(=O)NCc1ccnc(-c2cccs2)c1. The van der Waals surface area contributed by atoms with Gasteiger partial charge in [0.25, 0.3) is 5.91 Å². The van der Waals surface area contributed by atoms with Crippen LogP contribution >= 0.6 is 11.3 Å². The van der Waals surface area contributed by atoms with Crippen LogP contribution in [0.15, 0.2) is 60.2 Å². The highest BCUT2D eigenvalue weighted by Gasteiger charge is 2.16. The number of fused-ring (bicyclic) bond motifs is 1. The molecule has 1 amide bonds. The number of aryl methyl sites for hydroxylation is 1. The first-order valence-corrected chi connectivity index (χ1v) is 8.81. The number of hydrogen-bond acceptors (Lipinski definition) is 4. The molecule has 4 aromatic rings. The average molecular weight is 348 g/mol. The van der Waals surface area contributed by atoms with E-state index in [2.05, 4.69) is 15.3 Å². The highest BCUT2D eigenvalue weighted by molar-refractivity contribution is 7.13. The number of hydrogen-bond donors (Lipinski definition) is 1. The molecule has 0 aliphatic heterocycles. The van der Waals surface area contributed by atoms with E-state index in [4.69, 9.17) is 0 Å². The molecule has 0 fully saturated rings. The Morgan fingerprint density at radius 1 is 1.24 bits per heavy atom. The fourth-order valence-electron chi connectivity index (χ4n) is 2.80. The molecule has 0 aromatic carbocycles. The summed E-state index contributed by atoms with van der Waals surface area (Å²) in [5.74, 6) is -0.134. The van der Waals surface area contributed by atoms with Crippen molar-refractivity contribution in [3.8, 4) is 10.6 Å². The highest BCUT2D eigenvalue weighted by atomic mass is 32.1. The molecule has 0 unspecified atom stereocenters. The van der Waals surface area contributed by atoms with Gasteiger partial charge in [-0.05, 0) is 48.2 Å². The number of pyridine rings is 2. The average Bonchev–Trinajstić information content (AvgIpc) is 3.27. The van der Waals surface area contributed by atoms with Gasteiger partial charge in [-0.25, -0.2) is 4.98 Å². The lowest BCUT2D eigenvalue weighted by atomic mass is 10.2. The highest BCUT2D eigenvalue weighted by Crippen LogP contribution is 2.23. The van der Waals surface area contributed by atoms with E-state index in [0.717, 1.165) is 27.5 Å². The van der Waals surface area contributed by atoms with Crippen molar-refractivity contribution in [2.75, 3.05) is 0 Å². The third-order valence-corrected chi connectivity index (χ3v) is 4.86. The molecular weight excluding hydrogens is 332 g/mol. The summed E-state index contributed by atoms with van der Waals surface area (Å²) < 4.78 is 1.81. The molecule has 0 bridgehead atoms. The molecule has 0 saturated carbocycles. The van der Waals surface area contributed by atoms with Crippen molar-refractivity contribution >= 4 is 22.9 Å². The van der Waals surface area contributed by atoms with E-state index in [1.807, 2.05) is 65.4 Å². The number of carbonyl (C=O) groups is 1. The quantitative estimate of drug-likeness (QED) is 0.612. The summed E-state index contributed by atoms with van der Waals surface area (Å²) in [5, 5.41) is 5.01. The van der Waals surface area contributed by atoms with E-state index in [1.54, 1.807) is 17.5 Å². The van der Waals surface area contributed by atoms with Crippen LogP contribution in [0.5, 0.6) is 0 Å². The first kappa shape index (κ1) is 15.5. The summed E-state index contributed by atoms with van der Waals surface area (Å²) >= 11 is 1.65. The number of imidazole rings is 1. The van der Waals surface area contributed by atoms with Gasteiger partial charge in [-0.2, -0.15) is 0 Å². The number of nitrogens with zero attached hydrogens (tertiary/aromatic N) is 3. The third kappa shape index (κ3) is 3.04. The number of aromatic nitrogens is 3. The minimum absolute atomic E-state index is 0.134. The van der Waals surface area contributed by atoms with E-state index < -0.39 is 0 Å². The molecule has 0 atom stereocenters. The normalized spacial score (nSPS) is 10.9. The van der Waals surface area contributed by atoms with E-state index in [1.165, 1.54) is 0 Å². The molecule has 0 aliphatic rings. The van der Waals surface area contributed by atoms with Crippen LogP contribution in [-0.4, -0.2) is 20.3 Å². The van der Waals surface area contributed by atoms with Crippen LogP contribution in [0, 0.1) is 6.92 Å². The first-order chi connectivity index (χ1) is 12.2. The largest absolute Gasteiger partial charge is 0.347 e. The van der Waals surface area contributed by atoms with Gasteiger partial charge in [0.2, 0.25) is 0 Å². The summed E-state index contributed by atoms with van der Waals surface area (Å²) in [4.78, 5) is 22.6. The van der Waals surface area contributed by atoms with Crippen molar-refractivity contribution in [1.82, 2.24) is 19.7 Å². The molecule has 5 nitrogen and oxygen atoms in total. The Morgan fingerprint density at radius 3 is 3.00 bits per heavy atom. The Balaban J connectivity index is 1.54. The second-order valence-corrected chi connectivity index (χ2v) is 6.63. The second kappa shape index (κ2) is 6.49. The van der Waals surface area contributed by atoms with E-state index in [9.17, 15) is 4.79 Å². The van der Waals surface area contributed by atoms with Crippen LogP contribution in [0.1, 0.15) is 21.7 Å². The zero-order valence-electron chi connectivity index (χ0n) is 13.6. The monoisotopic (exact) mass is 348 g/mol. The zero-order valence-corrected chi connectivity index (χ0v) is 14.5. The van der Waals surface area contributed by atoms with Gasteiger partial charge in [-0.1, -0.05) is 12.1 Å². The Hall–Kier alpha value is -2.99.